The number of likely N-dealkylation sites (tertiary alicyclic amines) is 1. The van der Waals surface area contributed by atoms with E-state index in [0.29, 0.717) is 43.8 Å². The van der Waals surface area contributed by atoms with Gasteiger partial charge < -0.3 is 30.1 Å². The van der Waals surface area contributed by atoms with Gasteiger partial charge in [-0.3, -0.25) is 4.79 Å². The standard InChI is InChI=1S/C33H37FN6O3/c1-42-16-4-15-40-28-7-2-6-26(34)31(28)38-32(40)24-5-3-14-39(20-24)30(41)19-25(35)17-21-8-10-22(11-9-21)23-12-13-29-27(18-23)37-33(36)43-29/h2,6-13,18,24-25H,3-5,14-17,19-20,35H2,1H3,(H2,36,37)/t24-,25-/m1/s1. The minimum atomic E-state index is -0.326. The molecule has 2 aromatic heterocycles. The molecule has 0 saturated carbocycles. The van der Waals surface area contributed by atoms with E-state index in [4.69, 9.17) is 25.6 Å². The second-order valence-corrected chi connectivity index (χ2v) is 11.4. The third-order valence-corrected chi connectivity index (χ3v) is 8.25. The van der Waals surface area contributed by atoms with E-state index < -0.39 is 0 Å². The van der Waals surface area contributed by atoms with Crippen LogP contribution < -0.4 is 11.5 Å². The molecule has 3 aromatic carbocycles. The molecule has 1 aliphatic rings. The van der Waals surface area contributed by atoms with Gasteiger partial charge in [-0.05, 0) is 66.6 Å². The highest BCUT2D eigenvalue weighted by Gasteiger charge is 2.29. The molecule has 0 unspecified atom stereocenters. The first-order valence-corrected chi connectivity index (χ1v) is 14.8. The highest BCUT2D eigenvalue weighted by atomic mass is 19.1. The number of piperidine rings is 1. The molecule has 3 heterocycles. The first kappa shape index (κ1) is 28.8. The van der Waals surface area contributed by atoms with Gasteiger partial charge in [0, 0.05) is 51.7 Å². The summed E-state index contributed by atoms with van der Waals surface area (Å²) in [5, 5.41) is 0. The van der Waals surface area contributed by atoms with Crippen LogP contribution in [0.2, 0.25) is 0 Å². The number of rotatable bonds is 10. The lowest BCUT2D eigenvalue weighted by Gasteiger charge is -2.33. The Morgan fingerprint density at radius 1 is 1.14 bits per heavy atom. The Morgan fingerprint density at radius 2 is 1.95 bits per heavy atom. The first-order chi connectivity index (χ1) is 20.9. The summed E-state index contributed by atoms with van der Waals surface area (Å²) in [5.41, 5.74) is 17.8. The summed E-state index contributed by atoms with van der Waals surface area (Å²) in [6, 6.07) is 18.9. The predicted molar refractivity (Wildman–Crippen MR) is 165 cm³/mol. The molecule has 224 valence electrons. The summed E-state index contributed by atoms with van der Waals surface area (Å²) in [7, 11) is 1.68. The zero-order valence-electron chi connectivity index (χ0n) is 24.3. The SMILES string of the molecule is COCCCn1c([C@@H]2CCCN(C(=O)C[C@H](N)Cc3ccc(-c4ccc5oc(N)nc5c4)cc3)C2)nc2c(F)cccc21. The molecule has 0 spiro atoms. The molecule has 1 amide bonds. The number of halogens is 1. The molecule has 43 heavy (non-hydrogen) atoms. The van der Waals surface area contributed by atoms with Crippen LogP contribution in [0.3, 0.4) is 0 Å². The molecule has 0 aliphatic carbocycles. The quantitative estimate of drug-likeness (QED) is 0.214. The summed E-state index contributed by atoms with van der Waals surface area (Å²) >= 11 is 0. The van der Waals surface area contributed by atoms with Crippen molar-refractivity contribution >= 4 is 34.1 Å². The van der Waals surface area contributed by atoms with E-state index in [1.54, 1.807) is 13.2 Å². The predicted octanol–water partition coefficient (Wildman–Crippen LogP) is 5.27. The largest absolute Gasteiger partial charge is 0.424 e. The third-order valence-electron chi connectivity index (χ3n) is 8.25. The van der Waals surface area contributed by atoms with E-state index in [1.165, 1.54) is 6.07 Å². The van der Waals surface area contributed by atoms with Crippen LogP contribution in [-0.2, 0) is 22.5 Å². The van der Waals surface area contributed by atoms with Gasteiger partial charge in [0.15, 0.2) is 11.4 Å². The molecule has 1 saturated heterocycles. The van der Waals surface area contributed by atoms with Crippen molar-refractivity contribution in [2.24, 2.45) is 5.73 Å². The number of carbonyl (C=O) groups is 1. The number of aryl methyl sites for hydroxylation is 1. The highest BCUT2D eigenvalue weighted by Crippen LogP contribution is 2.31. The van der Waals surface area contributed by atoms with Gasteiger partial charge in [0.2, 0.25) is 5.91 Å². The van der Waals surface area contributed by atoms with Crippen molar-refractivity contribution in [3.8, 4) is 11.1 Å². The topological polar surface area (TPSA) is 125 Å². The monoisotopic (exact) mass is 584 g/mol. The summed E-state index contributed by atoms with van der Waals surface area (Å²) in [6.07, 6.45) is 3.41. The van der Waals surface area contributed by atoms with Crippen molar-refractivity contribution < 1.29 is 18.3 Å². The zero-order chi connectivity index (χ0) is 29.9. The molecule has 4 N–H and O–H groups in total. The maximum Gasteiger partial charge on any atom is 0.292 e. The van der Waals surface area contributed by atoms with Crippen LogP contribution in [0.1, 0.15) is 43.0 Å². The van der Waals surface area contributed by atoms with Crippen molar-refractivity contribution in [2.45, 2.75) is 50.6 Å². The van der Waals surface area contributed by atoms with Gasteiger partial charge in [0.25, 0.3) is 6.01 Å². The van der Waals surface area contributed by atoms with Crippen LogP contribution in [0.4, 0.5) is 10.4 Å². The van der Waals surface area contributed by atoms with Crippen LogP contribution in [0, 0.1) is 5.82 Å². The number of ether oxygens (including phenoxy) is 1. The van der Waals surface area contributed by atoms with Crippen molar-refractivity contribution in [3.63, 3.8) is 0 Å². The van der Waals surface area contributed by atoms with Crippen LogP contribution >= 0.6 is 0 Å². The van der Waals surface area contributed by atoms with Gasteiger partial charge in [-0.1, -0.05) is 36.4 Å². The molecule has 0 radical (unpaired) electrons. The summed E-state index contributed by atoms with van der Waals surface area (Å²) in [4.78, 5) is 24.2. The minimum Gasteiger partial charge on any atom is -0.424 e. The molecule has 1 aliphatic heterocycles. The van der Waals surface area contributed by atoms with Crippen molar-refractivity contribution in [1.29, 1.82) is 0 Å². The Bertz CT molecular complexity index is 1730. The number of aromatic nitrogens is 3. The number of fused-ring (bicyclic) bond motifs is 2. The summed E-state index contributed by atoms with van der Waals surface area (Å²) < 4.78 is 27.4. The number of imidazole rings is 1. The van der Waals surface area contributed by atoms with E-state index >= 15 is 0 Å². The first-order valence-electron chi connectivity index (χ1n) is 14.8. The fraction of sp³-hybridized carbons (Fsp3) is 0.364. The van der Waals surface area contributed by atoms with Gasteiger partial charge in [0.05, 0.1) is 5.52 Å². The lowest BCUT2D eigenvalue weighted by molar-refractivity contribution is -0.132. The molecule has 1 fully saturated rings. The Balaban J connectivity index is 1.09. The number of para-hydroxylation sites is 1. The van der Waals surface area contributed by atoms with Crippen molar-refractivity contribution in [1.82, 2.24) is 19.4 Å². The molecule has 0 bridgehead atoms. The highest BCUT2D eigenvalue weighted by molar-refractivity contribution is 5.81. The number of anilines is 1. The summed E-state index contributed by atoms with van der Waals surface area (Å²) in [6.45, 7) is 2.53. The van der Waals surface area contributed by atoms with Gasteiger partial charge in [-0.2, -0.15) is 4.98 Å². The Labute approximate surface area is 249 Å². The Morgan fingerprint density at radius 3 is 2.77 bits per heavy atom. The number of nitrogens with two attached hydrogens (primary N) is 2. The van der Waals surface area contributed by atoms with E-state index in [0.717, 1.165) is 52.8 Å². The molecule has 5 aromatic rings. The average Bonchev–Trinajstić information content (AvgIpc) is 3.57. The second kappa shape index (κ2) is 12.5. The van der Waals surface area contributed by atoms with Crippen molar-refractivity contribution in [2.75, 3.05) is 32.5 Å². The minimum absolute atomic E-state index is 0.0312. The van der Waals surface area contributed by atoms with Gasteiger partial charge in [-0.25, -0.2) is 9.37 Å². The van der Waals surface area contributed by atoms with Crippen LogP contribution in [-0.4, -0.2) is 58.2 Å². The van der Waals surface area contributed by atoms with Gasteiger partial charge >= 0.3 is 0 Å². The zero-order valence-corrected chi connectivity index (χ0v) is 24.3. The molecule has 9 nitrogen and oxygen atoms in total. The fourth-order valence-electron chi connectivity index (χ4n) is 6.15. The van der Waals surface area contributed by atoms with Crippen LogP contribution in [0.15, 0.2) is 65.1 Å². The maximum absolute atomic E-state index is 14.6. The van der Waals surface area contributed by atoms with E-state index in [-0.39, 0.29) is 36.1 Å². The molecule has 2 atom stereocenters. The average molecular weight is 585 g/mol. The van der Waals surface area contributed by atoms with E-state index in [9.17, 15) is 9.18 Å². The Hall–Kier alpha value is -4.28. The van der Waals surface area contributed by atoms with Crippen LogP contribution in [0.25, 0.3) is 33.3 Å². The van der Waals surface area contributed by atoms with E-state index in [2.05, 4.69) is 9.55 Å². The normalized spacial score (nSPS) is 16.3. The Kier molecular flexibility index (Phi) is 8.40. The number of amides is 1. The lowest BCUT2D eigenvalue weighted by Crippen LogP contribution is -2.42. The molecular formula is C33H37FN6O3. The maximum atomic E-state index is 14.6. The fourth-order valence-corrected chi connectivity index (χ4v) is 6.15. The number of benzene rings is 3. The number of nitrogens with zero attached hydrogens (tertiary/aromatic N) is 4. The van der Waals surface area contributed by atoms with Crippen LogP contribution in [0.5, 0.6) is 0 Å². The molecule has 10 heteroatoms. The number of methoxy groups -OCH3 is 1. The smallest absolute Gasteiger partial charge is 0.292 e. The third kappa shape index (κ3) is 6.25. The number of hydrogen-bond acceptors (Lipinski definition) is 7. The molecule has 6 rings (SSSR count). The van der Waals surface area contributed by atoms with Crippen molar-refractivity contribution in [3.05, 3.63) is 77.9 Å². The number of oxazole rings is 1. The molecular weight excluding hydrogens is 547 g/mol. The number of carbonyl (C=O) groups excluding carboxylic acids is 1. The lowest BCUT2D eigenvalue weighted by atomic mass is 9.95. The van der Waals surface area contributed by atoms with Gasteiger partial charge in [0.1, 0.15) is 16.9 Å². The van der Waals surface area contributed by atoms with Gasteiger partial charge in [-0.15, -0.1) is 0 Å². The second-order valence-electron chi connectivity index (χ2n) is 11.4. The van der Waals surface area contributed by atoms with E-state index in [1.807, 2.05) is 53.4 Å². The number of hydrogen-bond donors (Lipinski definition) is 2. The summed E-state index contributed by atoms with van der Waals surface area (Å²) in [5.74, 6) is 0.587. The number of nitrogen functional groups attached to an aromatic ring is 1.